The maximum Gasteiger partial charge on any atom is 0.184 e. The van der Waals surface area contributed by atoms with Crippen LogP contribution in [0.25, 0.3) is 11.3 Å². The van der Waals surface area contributed by atoms with E-state index in [0.717, 1.165) is 23.3 Å². The van der Waals surface area contributed by atoms with Crippen molar-refractivity contribution in [3.8, 4) is 17.3 Å². The Hall–Kier alpha value is -3.44. The average Bonchev–Trinajstić information content (AvgIpc) is 3.49. The lowest BCUT2D eigenvalue weighted by Crippen LogP contribution is -2.59. The highest BCUT2D eigenvalue weighted by Crippen LogP contribution is 2.45. The highest BCUT2D eigenvalue weighted by molar-refractivity contribution is 7.99. The van der Waals surface area contributed by atoms with Crippen LogP contribution in [-0.4, -0.2) is 57.4 Å². The van der Waals surface area contributed by atoms with E-state index < -0.39 is 52.7 Å². The Morgan fingerprint density at radius 3 is 2.62 bits per heavy atom. The van der Waals surface area contributed by atoms with Gasteiger partial charge in [0.2, 0.25) is 0 Å². The number of benzene rings is 2. The minimum atomic E-state index is -0.905. The summed E-state index contributed by atoms with van der Waals surface area (Å²) in [5.74, 6) is -1.81. The van der Waals surface area contributed by atoms with Gasteiger partial charge in [0.15, 0.2) is 12.0 Å². The molecule has 0 spiro atoms. The SMILES string of the molecule is CO[C@@H]1C(n2cc(-c3cc(F)c(Cl)c(F)c3)nn2)[C@H]2OC(c3ccccc3)OCC2O[C@@H]1Sc1cc(C)cnc1C#N. The summed E-state index contributed by atoms with van der Waals surface area (Å²) in [6, 6.07) is 15.1. The molecule has 2 fully saturated rings. The Kier molecular flexibility index (Phi) is 8.22. The van der Waals surface area contributed by atoms with Gasteiger partial charge in [-0.1, -0.05) is 58.9 Å². The fourth-order valence-electron chi connectivity index (χ4n) is 5.09. The molecule has 2 aliphatic heterocycles. The van der Waals surface area contributed by atoms with Crippen molar-refractivity contribution in [1.82, 2.24) is 20.0 Å². The van der Waals surface area contributed by atoms with E-state index in [2.05, 4.69) is 21.4 Å². The minimum Gasteiger partial charge on any atom is -0.375 e. The molecule has 0 amide bonds. The van der Waals surface area contributed by atoms with Gasteiger partial charge < -0.3 is 18.9 Å². The molecule has 42 heavy (non-hydrogen) atoms. The summed E-state index contributed by atoms with van der Waals surface area (Å²) in [5, 5.41) is 17.6. The molecule has 0 N–H and O–H groups in total. The van der Waals surface area contributed by atoms with Gasteiger partial charge >= 0.3 is 0 Å². The molecule has 13 heteroatoms. The van der Waals surface area contributed by atoms with Crippen LogP contribution in [0.2, 0.25) is 5.02 Å². The number of hydrogen-bond donors (Lipinski definition) is 0. The molecule has 2 aromatic carbocycles. The topological polar surface area (TPSA) is 104 Å². The van der Waals surface area contributed by atoms with Gasteiger partial charge in [-0.15, -0.1) is 5.10 Å². The molecule has 216 valence electrons. The van der Waals surface area contributed by atoms with E-state index in [9.17, 15) is 14.0 Å². The van der Waals surface area contributed by atoms with E-state index in [4.69, 9.17) is 30.5 Å². The van der Waals surface area contributed by atoms with Crippen molar-refractivity contribution in [2.24, 2.45) is 0 Å². The van der Waals surface area contributed by atoms with Gasteiger partial charge in [0, 0.05) is 29.3 Å². The number of aromatic nitrogens is 4. The number of nitriles is 1. The summed E-state index contributed by atoms with van der Waals surface area (Å²) in [4.78, 5) is 4.88. The number of halogens is 3. The molecule has 2 aromatic heterocycles. The summed E-state index contributed by atoms with van der Waals surface area (Å²) in [7, 11) is 1.55. The molecule has 4 aromatic rings. The molecule has 6 rings (SSSR count). The Morgan fingerprint density at radius 2 is 1.90 bits per heavy atom. The molecule has 0 saturated carbocycles. The number of pyridine rings is 1. The van der Waals surface area contributed by atoms with Crippen LogP contribution in [0.4, 0.5) is 8.78 Å². The predicted molar refractivity (Wildman–Crippen MR) is 148 cm³/mol. The monoisotopic (exact) mass is 611 g/mol. The zero-order valence-electron chi connectivity index (χ0n) is 22.4. The lowest BCUT2D eigenvalue weighted by atomic mass is 9.95. The lowest BCUT2D eigenvalue weighted by molar-refractivity contribution is -0.308. The van der Waals surface area contributed by atoms with E-state index in [1.54, 1.807) is 24.2 Å². The first-order chi connectivity index (χ1) is 20.4. The Bertz CT molecular complexity index is 1620. The van der Waals surface area contributed by atoms with Crippen LogP contribution >= 0.6 is 23.4 Å². The van der Waals surface area contributed by atoms with E-state index in [1.165, 1.54) is 11.8 Å². The second-order valence-electron chi connectivity index (χ2n) is 9.84. The third-order valence-electron chi connectivity index (χ3n) is 7.09. The van der Waals surface area contributed by atoms with Crippen LogP contribution in [0.15, 0.2) is 65.8 Å². The first kappa shape index (κ1) is 28.7. The fraction of sp³-hybridized carbons (Fsp3) is 0.310. The molecule has 3 unspecified atom stereocenters. The van der Waals surface area contributed by atoms with Gasteiger partial charge in [0.05, 0.1) is 12.8 Å². The van der Waals surface area contributed by atoms with E-state index in [-0.39, 0.29) is 23.6 Å². The van der Waals surface area contributed by atoms with Crippen LogP contribution in [0.5, 0.6) is 0 Å². The maximum atomic E-state index is 14.2. The highest BCUT2D eigenvalue weighted by Gasteiger charge is 2.52. The summed E-state index contributed by atoms with van der Waals surface area (Å²) < 4.78 is 55.1. The Morgan fingerprint density at radius 1 is 1.14 bits per heavy atom. The van der Waals surface area contributed by atoms with Crippen molar-refractivity contribution in [2.75, 3.05) is 13.7 Å². The summed E-state index contributed by atoms with van der Waals surface area (Å²) >= 11 is 6.98. The number of ether oxygens (including phenoxy) is 4. The normalized spacial score (nSPS) is 25.5. The van der Waals surface area contributed by atoms with Gasteiger partial charge in [0.25, 0.3) is 0 Å². The van der Waals surface area contributed by atoms with Gasteiger partial charge in [0.1, 0.15) is 58.2 Å². The number of aryl methyl sites for hydroxylation is 1. The van der Waals surface area contributed by atoms with Crippen molar-refractivity contribution >= 4 is 23.4 Å². The van der Waals surface area contributed by atoms with Crippen molar-refractivity contribution in [1.29, 1.82) is 5.26 Å². The number of fused-ring (bicyclic) bond motifs is 1. The largest absolute Gasteiger partial charge is 0.375 e. The average molecular weight is 612 g/mol. The first-order valence-electron chi connectivity index (χ1n) is 13.0. The second-order valence-corrected chi connectivity index (χ2v) is 11.4. The van der Waals surface area contributed by atoms with Crippen LogP contribution in [0.1, 0.15) is 29.2 Å². The highest BCUT2D eigenvalue weighted by atomic mass is 35.5. The van der Waals surface area contributed by atoms with Crippen LogP contribution in [-0.2, 0) is 18.9 Å². The number of thioether (sulfide) groups is 1. The van der Waals surface area contributed by atoms with Crippen molar-refractivity contribution in [3.05, 3.63) is 94.4 Å². The Balaban J connectivity index is 1.39. The van der Waals surface area contributed by atoms with Crippen molar-refractivity contribution < 1.29 is 27.7 Å². The van der Waals surface area contributed by atoms with Crippen molar-refractivity contribution in [2.45, 2.75) is 47.9 Å². The smallest absolute Gasteiger partial charge is 0.184 e. The number of hydrogen-bond acceptors (Lipinski definition) is 9. The number of rotatable bonds is 6. The number of nitrogens with zero attached hydrogens (tertiary/aromatic N) is 5. The molecule has 6 atom stereocenters. The standard InChI is InChI=1S/C29H24ClF2N5O4S/c1-15-8-23(20(11-33)34-12-15)42-29-27(38-2)25(26-22(40-29)14-39-28(41-26)16-6-4-3-5-7-16)37-13-21(35-36-37)17-9-18(31)24(30)19(32)10-17/h3-10,12-13,22,25-29H,14H2,1-2H3/t22?,25?,26-,27+,28?,29+/m0/s1. The van der Waals surface area contributed by atoms with Gasteiger partial charge in [-0.2, -0.15) is 5.26 Å². The molecular weight excluding hydrogens is 588 g/mol. The Labute approximate surface area is 249 Å². The molecule has 9 nitrogen and oxygen atoms in total. The molecule has 0 radical (unpaired) electrons. The minimum absolute atomic E-state index is 0.170. The zero-order chi connectivity index (χ0) is 29.4. The molecule has 2 saturated heterocycles. The summed E-state index contributed by atoms with van der Waals surface area (Å²) in [6.45, 7) is 2.10. The zero-order valence-corrected chi connectivity index (χ0v) is 23.9. The summed E-state index contributed by atoms with van der Waals surface area (Å²) in [6.07, 6.45) is 0.724. The molecular formula is C29H24ClF2N5O4S. The molecule has 0 aliphatic carbocycles. The molecule has 2 aliphatic rings. The van der Waals surface area contributed by atoms with E-state index in [1.807, 2.05) is 43.3 Å². The second kappa shape index (κ2) is 12.0. The third kappa shape index (κ3) is 5.51. The predicted octanol–water partition coefficient (Wildman–Crippen LogP) is 5.64. The van der Waals surface area contributed by atoms with Crippen molar-refractivity contribution in [3.63, 3.8) is 0 Å². The van der Waals surface area contributed by atoms with Crippen LogP contribution < -0.4 is 0 Å². The quantitative estimate of drug-likeness (QED) is 0.256. The van der Waals surface area contributed by atoms with Crippen LogP contribution in [0.3, 0.4) is 0 Å². The first-order valence-corrected chi connectivity index (χ1v) is 14.2. The van der Waals surface area contributed by atoms with E-state index in [0.29, 0.717) is 4.90 Å². The number of methoxy groups -OCH3 is 1. The fourth-order valence-corrected chi connectivity index (χ4v) is 6.52. The summed E-state index contributed by atoms with van der Waals surface area (Å²) in [5.41, 5.74) is 1.75. The van der Waals surface area contributed by atoms with Crippen LogP contribution in [0, 0.1) is 29.9 Å². The van der Waals surface area contributed by atoms with Gasteiger partial charge in [-0.25, -0.2) is 18.4 Å². The maximum absolute atomic E-state index is 14.2. The third-order valence-corrected chi connectivity index (χ3v) is 8.62. The van der Waals surface area contributed by atoms with E-state index >= 15 is 0 Å². The van der Waals surface area contributed by atoms with Gasteiger partial charge in [-0.3, -0.25) is 0 Å². The van der Waals surface area contributed by atoms with Gasteiger partial charge in [-0.05, 0) is 30.7 Å². The molecule has 0 bridgehead atoms. The molecule has 4 heterocycles. The lowest BCUT2D eigenvalue weighted by Gasteiger charge is -2.48.